The van der Waals surface area contributed by atoms with Crippen LogP contribution in [0, 0.1) is 81.4 Å². The van der Waals surface area contributed by atoms with Gasteiger partial charge < -0.3 is 30.1 Å². The first-order chi connectivity index (χ1) is 42.9. The van der Waals surface area contributed by atoms with Crippen LogP contribution in [0.15, 0.2) is 144 Å². The van der Waals surface area contributed by atoms with Crippen LogP contribution in [-0.2, 0) is 38.2 Å². The molecule has 4 N–H and O–H groups in total. The second kappa shape index (κ2) is 37.9. The van der Waals surface area contributed by atoms with E-state index in [4.69, 9.17) is 20.9 Å². The zero-order valence-electron chi connectivity index (χ0n) is 50.5. The summed E-state index contributed by atoms with van der Waals surface area (Å²) in [7, 11) is 0. The van der Waals surface area contributed by atoms with Crippen molar-refractivity contribution in [3.8, 4) is 0 Å². The van der Waals surface area contributed by atoms with E-state index in [1.807, 2.05) is 13.8 Å². The Labute approximate surface area is 527 Å². The predicted octanol–water partition coefficient (Wildman–Crippen LogP) is 17.4. The van der Waals surface area contributed by atoms with Crippen LogP contribution < -0.4 is 5.32 Å². The van der Waals surface area contributed by atoms with Crippen LogP contribution >= 0.6 is 0 Å². The molecule has 0 aliphatic carbocycles. The van der Waals surface area contributed by atoms with Crippen molar-refractivity contribution in [1.29, 1.82) is 0 Å². The number of carbonyl (C=O) groups excluding carboxylic acids is 2. The largest absolute Gasteiger partial charge is 0.448 e. The van der Waals surface area contributed by atoms with Crippen molar-refractivity contribution in [2.75, 3.05) is 32.9 Å². The van der Waals surface area contributed by atoms with Gasteiger partial charge in [0.1, 0.15) is 12.2 Å². The third-order valence-corrected chi connectivity index (χ3v) is 12.6. The number of nitrogens with zero attached hydrogens (tertiary/aromatic N) is 6. The number of carbonyl (C=O) groups is 2. The Morgan fingerprint density at radius 1 is 0.591 bits per heavy atom. The lowest BCUT2D eigenvalue weighted by molar-refractivity contribution is 0.0664. The SMILES string of the molecule is C.C=C(C)c1ccc(F)c(F)c1.CC(=O)c1ccc(F)c(F)c1.CC(C)(O)c1ccc(F)c(F)c1.CC(CO)(N=[N+]=[N-])c1ccc(F)c(F)c1.CC(O)(CN=[N+]=[N-])c1ccc(F)c(F)c1.CC1(c2ccc(F)c(F)c2)CO1.CCc1ccc(F)c(F)c1.O=C1NCCO1. The van der Waals surface area contributed by atoms with E-state index in [1.54, 1.807) is 19.1 Å². The van der Waals surface area contributed by atoms with Crippen LogP contribution in [0.2, 0.25) is 0 Å². The monoisotopic (exact) mass is 1320 g/mol. The molecule has 0 radical (unpaired) electrons. The summed E-state index contributed by atoms with van der Waals surface area (Å²) in [6.45, 7) is 17.3. The summed E-state index contributed by atoms with van der Waals surface area (Å²) in [6, 6.07) is 24.1. The number of hydrogen-bond acceptors (Lipinski definition) is 9. The predicted molar refractivity (Wildman–Crippen MR) is 320 cm³/mol. The van der Waals surface area contributed by atoms with Gasteiger partial charge in [0.2, 0.25) is 0 Å². The molecule has 2 heterocycles. The summed E-state index contributed by atoms with van der Waals surface area (Å²) in [5.41, 5.74) is 15.9. The average molecular weight is 1320 g/mol. The van der Waals surface area contributed by atoms with Gasteiger partial charge in [-0.25, -0.2) is 66.3 Å². The Bertz CT molecular complexity index is 3630. The van der Waals surface area contributed by atoms with Crippen LogP contribution in [0.5, 0.6) is 0 Å². The summed E-state index contributed by atoms with van der Waals surface area (Å²) >= 11 is 0. The molecule has 2 aliphatic rings. The molecule has 93 heavy (non-hydrogen) atoms. The number of alkyl carbamates (subject to hydrolysis) is 1. The summed E-state index contributed by atoms with van der Waals surface area (Å²) in [5, 5.41) is 37.2. The zero-order chi connectivity index (χ0) is 69.9. The minimum Gasteiger partial charge on any atom is -0.448 e. The van der Waals surface area contributed by atoms with Crippen molar-refractivity contribution in [1.82, 2.24) is 5.32 Å². The van der Waals surface area contributed by atoms with Crippen LogP contribution in [-0.4, -0.2) is 60.1 Å². The molecule has 7 aromatic carbocycles. The average Bonchev–Trinajstić information content (AvgIpc) is 1.67. The molecule has 7 aromatic rings. The minimum absolute atomic E-state index is 0. The summed E-state index contributed by atoms with van der Waals surface area (Å²) in [4.78, 5) is 25.6. The van der Waals surface area contributed by atoms with E-state index in [1.165, 1.54) is 77.1 Å². The highest BCUT2D eigenvalue weighted by Gasteiger charge is 2.41. The zero-order valence-corrected chi connectivity index (χ0v) is 50.5. The highest BCUT2D eigenvalue weighted by atomic mass is 19.2. The molecule has 14 nitrogen and oxygen atoms in total. The van der Waals surface area contributed by atoms with E-state index < -0.39 is 105 Å². The van der Waals surface area contributed by atoms with Crippen molar-refractivity contribution in [2.45, 2.75) is 91.6 Å². The highest BCUT2D eigenvalue weighted by Crippen LogP contribution is 2.38. The first-order valence-electron chi connectivity index (χ1n) is 26.9. The van der Waals surface area contributed by atoms with Gasteiger partial charge in [0.05, 0.1) is 43.0 Å². The lowest BCUT2D eigenvalue weighted by atomic mass is 9.94. The number of halogens is 14. The highest BCUT2D eigenvalue weighted by molar-refractivity contribution is 5.94. The van der Waals surface area contributed by atoms with Crippen molar-refractivity contribution in [3.05, 3.63) is 275 Å². The number of cyclic esters (lactones) is 1. The number of epoxide rings is 1. The smallest absolute Gasteiger partial charge is 0.407 e. The Kier molecular flexibility index (Phi) is 33.3. The lowest BCUT2D eigenvalue weighted by Gasteiger charge is -2.21. The van der Waals surface area contributed by atoms with Crippen molar-refractivity contribution in [2.24, 2.45) is 10.2 Å². The third kappa shape index (κ3) is 27.6. The third-order valence-electron chi connectivity index (χ3n) is 12.6. The van der Waals surface area contributed by atoms with Crippen molar-refractivity contribution >= 4 is 17.4 Å². The van der Waals surface area contributed by atoms with Gasteiger partial charge in [0.15, 0.2) is 87.2 Å². The van der Waals surface area contributed by atoms with Gasteiger partial charge in [-0.05, 0) is 190 Å². The molecular formula is C65H67F14N7O7. The number of rotatable bonds is 11. The molecule has 2 saturated heterocycles. The number of allylic oxidation sites excluding steroid dienone is 1. The van der Waals surface area contributed by atoms with Gasteiger partial charge in [0.25, 0.3) is 0 Å². The number of ether oxygens (including phenoxy) is 2. The molecule has 2 aliphatic heterocycles. The van der Waals surface area contributed by atoms with E-state index in [2.05, 4.69) is 36.7 Å². The van der Waals surface area contributed by atoms with E-state index in [-0.39, 0.29) is 48.1 Å². The number of nitrogens with one attached hydrogen (secondary N) is 1. The molecule has 28 heteroatoms. The van der Waals surface area contributed by atoms with Gasteiger partial charge in [-0.3, -0.25) is 4.79 Å². The van der Waals surface area contributed by atoms with Crippen LogP contribution in [0.3, 0.4) is 0 Å². The fraction of sp³-hybridized carbons (Fsp3) is 0.292. The fourth-order valence-corrected chi connectivity index (χ4v) is 6.76. The Balaban J connectivity index is 0.000000535. The van der Waals surface area contributed by atoms with Gasteiger partial charge >= 0.3 is 6.09 Å². The number of aryl methyl sites for hydroxylation is 1. The molecule has 0 aromatic heterocycles. The number of benzene rings is 7. The van der Waals surface area contributed by atoms with E-state index in [9.17, 15) is 81.3 Å². The maximum absolute atomic E-state index is 12.9. The van der Waals surface area contributed by atoms with E-state index in [0.29, 0.717) is 36.4 Å². The quantitative estimate of drug-likeness (QED) is 0.0244. The molecule has 0 spiro atoms. The number of Topliss-reactive ketones (excluding diaryl/α,β-unsaturated/α-hetero) is 1. The van der Waals surface area contributed by atoms with Gasteiger partial charge in [-0.2, -0.15) is 0 Å². The molecular weight excluding hydrogens is 1260 g/mol. The van der Waals surface area contributed by atoms with Crippen LogP contribution in [0.25, 0.3) is 26.5 Å². The number of aliphatic hydroxyl groups is 3. The Morgan fingerprint density at radius 2 is 0.989 bits per heavy atom. The first-order valence-corrected chi connectivity index (χ1v) is 26.9. The fourth-order valence-electron chi connectivity index (χ4n) is 6.76. The number of aliphatic hydroxyl groups excluding tert-OH is 1. The Hall–Kier alpha value is -9.30. The second-order valence-electron chi connectivity index (χ2n) is 20.6. The Morgan fingerprint density at radius 3 is 1.34 bits per heavy atom. The second-order valence-corrected chi connectivity index (χ2v) is 20.6. The summed E-state index contributed by atoms with van der Waals surface area (Å²) < 4.78 is 185. The summed E-state index contributed by atoms with van der Waals surface area (Å²) in [6.07, 6.45) is 0.437. The molecule has 0 saturated carbocycles. The maximum Gasteiger partial charge on any atom is 0.407 e. The number of amides is 1. The minimum atomic E-state index is -1.50. The standard InChI is InChI=1S/2C9H9F2N3O.C9H8F2O.C9H10F2O.C9H8F2.C8H6F2O.C8H8F2.C3H5NO2.CH4/c1-9(5-15,13-14-12)6-2-3-7(10)8(11)4-6;1-9(15,5-13-14-12)6-2-3-7(10)8(11)4-6;1-9(5-12-9)6-2-3-7(10)8(11)4-6;1-9(2,12)6-3-4-7(10)8(11)5-6;1-6(2)7-3-4-8(10)9(11)5-7;1-5(11)6-2-3-7(9)8(10)4-6;1-2-6-3-4-7(9)8(10)5-6;5-3-4-1-2-6-3;/h2*2-4,15H,5H2,1H3;2-4H,5H2,1H3;3-5,12H,1-2H3;3-5H,1H2,2H3;2-4H,1H3;3-5H,2H2,1H3;1-2H2,(H,4,5);1H4. The first kappa shape index (κ1) is 81.7. The van der Waals surface area contributed by atoms with Crippen molar-refractivity contribution < 1.29 is 95.8 Å². The molecule has 502 valence electrons. The number of azide groups is 2. The van der Waals surface area contributed by atoms with Gasteiger partial charge in [-0.1, -0.05) is 73.1 Å². The summed E-state index contributed by atoms with van der Waals surface area (Å²) in [5.74, 6) is -12.9. The molecule has 3 unspecified atom stereocenters. The molecule has 0 bridgehead atoms. The number of hydrogen-bond donors (Lipinski definition) is 4. The molecule has 2 fully saturated rings. The topological polar surface area (TPSA) is 226 Å². The van der Waals surface area contributed by atoms with E-state index in [0.717, 1.165) is 90.4 Å². The molecule has 1 amide bonds. The lowest BCUT2D eigenvalue weighted by Crippen LogP contribution is -2.24. The maximum atomic E-state index is 12.9. The van der Waals surface area contributed by atoms with Crippen LogP contribution in [0.1, 0.15) is 107 Å². The van der Waals surface area contributed by atoms with Crippen LogP contribution in [0.4, 0.5) is 66.3 Å². The van der Waals surface area contributed by atoms with Gasteiger partial charge in [-0.15, -0.1) is 0 Å². The molecule has 9 rings (SSSR count). The van der Waals surface area contributed by atoms with Crippen molar-refractivity contribution in [3.63, 3.8) is 0 Å². The molecule has 3 atom stereocenters. The van der Waals surface area contributed by atoms with Gasteiger partial charge in [0, 0.05) is 15.4 Å². The number of ketones is 1. The van der Waals surface area contributed by atoms with E-state index >= 15 is 0 Å². The normalized spacial score (nSPS) is 14.2.